The molecule has 0 bridgehead atoms. The number of methoxy groups -OCH3 is 1. The Balaban J connectivity index is 1.90. The van der Waals surface area contributed by atoms with Crippen LogP contribution in [0.5, 0.6) is 17.2 Å². The molecule has 2 aromatic carbocycles. The van der Waals surface area contributed by atoms with Crippen molar-refractivity contribution >= 4 is 5.97 Å². The van der Waals surface area contributed by atoms with Gasteiger partial charge in [0.1, 0.15) is 19.0 Å². The van der Waals surface area contributed by atoms with Gasteiger partial charge in [0.25, 0.3) is 0 Å². The number of hydrogen-bond donors (Lipinski definition) is 1. The Morgan fingerprint density at radius 2 is 1.69 bits per heavy atom. The molecule has 0 aliphatic rings. The van der Waals surface area contributed by atoms with E-state index in [1.807, 2.05) is 30.3 Å². The first-order chi connectivity index (χ1) is 12.5. The third-order valence-electron chi connectivity index (χ3n) is 4.00. The summed E-state index contributed by atoms with van der Waals surface area (Å²) in [6.07, 6.45) is 0.549. The van der Waals surface area contributed by atoms with Gasteiger partial charge >= 0.3 is 5.97 Å². The highest BCUT2D eigenvalue weighted by Gasteiger charge is 2.09. The van der Waals surface area contributed by atoms with Crippen molar-refractivity contribution < 1.29 is 24.1 Å². The number of carboxylic acids is 1. The van der Waals surface area contributed by atoms with Gasteiger partial charge in [-0.25, -0.2) is 0 Å². The molecule has 0 atom stereocenters. The first-order valence-electron chi connectivity index (χ1n) is 8.74. The normalized spacial score (nSPS) is 10.6. The van der Waals surface area contributed by atoms with Crippen LogP contribution < -0.4 is 14.2 Å². The summed E-state index contributed by atoms with van der Waals surface area (Å²) >= 11 is 0. The minimum absolute atomic E-state index is 0.0897. The molecule has 5 nitrogen and oxygen atoms in total. The lowest BCUT2D eigenvalue weighted by atomic mass is 10.0. The smallest absolute Gasteiger partial charge is 0.303 e. The summed E-state index contributed by atoms with van der Waals surface area (Å²) in [5, 5.41) is 8.78. The van der Waals surface area contributed by atoms with Crippen LogP contribution >= 0.6 is 0 Å². The molecule has 0 heterocycles. The van der Waals surface area contributed by atoms with Gasteiger partial charge in [-0.05, 0) is 41.7 Å². The molecule has 2 rings (SSSR count). The van der Waals surface area contributed by atoms with Crippen molar-refractivity contribution in [1.29, 1.82) is 0 Å². The lowest BCUT2D eigenvalue weighted by Gasteiger charge is -2.15. The largest absolute Gasteiger partial charge is 0.493 e. The minimum Gasteiger partial charge on any atom is -0.493 e. The Labute approximate surface area is 154 Å². The van der Waals surface area contributed by atoms with Gasteiger partial charge in [0.15, 0.2) is 11.5 Å². The summed E-state index contributed by atoms with van der Waals surface area (Å²) in [5.74, 6) is 1.67. The number of aliphatic carboxylic acids is 1. The minimum atomic E-state index is -0.817. The van der Waals surface area contributed by atoms with Crippen LogP contribution in [-0.2, 0) is 11.2 Å². The van der Waals surface area contributed by atoms with Crippen LogP contribution in [0.4, 0.5) is 0 Å². The third-order valence-corrected chi connectivity index (χ3v) is 4.00. The number of ether oxygens (including phenoxy) is 3. The molecule has 0 aromatic heterocycles. The van der Waals surface area contributed by atoms with E-state index in [9.17, 15) is 4.79 Å². The predicted octanol–water partition coefficient (Wildman–Crippen LogP) is 4.29. The monoisotopic (exact) mass is 358 g/mol. The number of carbonyl (C=O) groups is 1. The molecule has 0 unspecified atom stereocenters. The highest BCUT2D eigenvalue weighted by atomic mass is 16.5. The Bertz CT molecular complexity index is 724. The fraction of sp³-hybridized carbons (Fsp3) is 0.381. The molecule has 0 aliphatic heterocycles. The van der Waals surface area contributed by atoms with Gasteiger partial charge in [0.2, 0.25) is 0 Å². The van der Waals surface area contributed by atoms with Crippen molar-refractivity contribution in [3.63, 3.8) is 0 Å². The molecule has 0 amide bonds. The Morgan fingerprint density at radius 1 is 1.00 bits per heavy atom. The molecule has 0 spiro atoms. The fourth-order valence-electron chi connectivity index (χ4n) is 2.63. The number of aryl methyl sites for hydroxylation is 1. The predicted molar refractivity (Wildman–Crippen MR) is 100 cm³/mol. The maximum atomic E-state index is 10.7. The number of para-hydroxylation sites is 1. The maximum Gasteiger partial charge on any atom is 0.303 e. The topological polar surface area (TPSA) is 65.0 Å². The van der Waals surface area contributed by atoms with E-state index in [1.54, 1.807) is 13.2 Å². The Morgan fingerprint density at radius 3 is 2.35 bits per heavy atom. The van der Waals surface area contributed by atoms with Crippen LogP contribution in [0.1, 0.15) is 37.3 Å². The van der Waals surface area contributed by atoms with Gasteiger partial charge in [-0.3, -0.25) is 4.79 Å². The standard InChI is InChI=1S/C21H26O5/c1-15(2)17-6-4-5-7-18(17)25-12-13-26-19-10-8-16(9-11-21(22)23)14-20(19)24-3/h4-8,10,14-15H,9,11-13H2,1-3H3,(H,22,23). The van der Waals surface area contributed by atoms with E-state index in [0.29, 0.717) is 37.1 Å². The lowest BCUT2D eigenvalue weighted by molar-refractivity contribution is -0.136. The van der Waals surface area contributed by atoms with E-state index in [4.69, 9.17) is 19.3 Å². The third kappa shape index (κ3) is 5.69. The number of hydrogen-bond acceptors (Lipinski definition) is 4. The SMILES string of the molecule is COc1cc(CCC(=O)O)ccc1OCCOc1ccccc1C(C)C. The van der Waals surface area contributed by atoms with Gasteiger partial charge in [0, 0.05) is 6.42 Å². The lowest BCUT2D eigenvalue weighted by Crippen LogP contribution is -2.11. The van der Waals surface area contributed by atoms with E-state index < -0.39 is 5.97 Å². The van der Waals surface area contributed by atoms with Crippen LogP contribution in [0, 0.1) is 0 Å². The van der Waals surface area contributed by atoms with Crippen LogP contribution in [0.2, 0.25) is 0 Å². The van der Waals surface area contributed by atoms with Crippen molar-refractivity contribution in [2.75, 3.05) is 20.3 Å². The van der Waals surface area contributed by atoms with Gasteiger partial charge in [0.05, 0.1) is 7.11 Å². The second kappa shape index (κ2) is 9.70. The zero-order valence-corrected chi connectivity index (χ0v) is 15.5. The van der Waals surface area contributed by atoms with Gasteiger partial charge in [-0.2, -0.15) is 0 Å². The zero-order chi connectivity index (χ0) is 18.9. The summed E-state index contributed by atoms with van der Waals surface area (Å²) < 4.78 is 17.0. The Kier molecular flexibility index (Phi) is 7.33. The zero-order valence-electron chi connectivity index (χ0n) is 15.5. The molecule has 26 heavy (non-hydrogen) atoms. The molecule has 0 radical (unpaired) electrons. The number of rotatable bonds is 10. The van der Waals surface area contributed by atoms with Crippen LogP contribution in [0.15, 0.2) is 42.5 Å². The van der Waals surface area contributed by atoms with Crippen molar-refractivity contribution in [3.8, 4) is 17.2 Å². The second-order valence-electron chi connectivity index (χ2n) is 6.27. The summed E-state index contributed by atoms with van der Waals surface area (Å²) in [6, 6.07) is 13.5. The first kappa shape index (κ1) is 19.6. The van der Waals surface area contributed by atoms with Gasteiger partial charge < -0.3 is 19.3 Å². The van der Waals surface area contributed by atoms with Crippen LogP contribution in [0.3, 0.4) is 0 Å². The van der Waals surface area contributed by atoms with E-state index in [1.165, 1.54) is 5.56 Å². The quantitative estimate of drug-likeness (QED) is 0.642. The van der Waals surface area contributed by atoms with Gasteiger partial charge in [-0.15, -0.1) is 0 Å². The first-order valence-corrected chi connectivity index (χ1v) is 8.74. The van der Waals surface area contributed by atoms with E-state index in [-0.39, 0.29) is 6.42 Å². The molecule has 140 valence electrons. The average molecular weight is 358 g/mol. The molecular formula is C21H26O5. The van der Waals surface area contributed by atoms with Crippen molar-refractivity contribution in [1.82, 2.24) is 0 Å². The summed E-state index contributed by atoms with van der Waals surface area (Å²) in [7, 11) is 1.57. The molecule has 0 saturated heterocycles. The fourth-order valence-corrected chi connectivity index (χ4v) is 2.63. The second-order valence-corrected chi connectivity index (χ2v) is 6.27. The molecule has 0 fully saturated rings. The molecular weight excluding hydrogens is 332 g/mol. The summed E-state index contributed by atoms with van der Waals surface area (Å²) in [6.45, 7) is 5.08. The summed E-state index contributed by atoms with van der Waals surface area (Å²) in [5.41, 5.74) is 2.08. The number of carboxylic acid groups (broad SMARTS) is 1. The van der Waals surface area contributed by atoms with E-state index in [0.717, 1.165) is 11.3 Å². The van der Waals surface area contributed by atoms with Gasteiger partial charge in [-0.1, -0.05) is 38.1 Å². The Hall–Kier alpha value is -2.69. The molecule has 1 N–H and O–H groups in total. The molecule has 0 aliphatic carbocycles. The highest BCUT2D eigenvalue weighted by Crippen LogP contribution is 2.29. The maximum absolute atomic E-state index is 10.7. The van der Waals surface area contributed by atoms with Crippen molar-refractivity contribution in [2.45, 2.75) is 32.6 Å². The van der Waals surface area contributed by atoms with E-state index >= 15 is 0 Å². The van der Waals surface area contributed by atoms with E-state index in [2.05, 4.69) is 19.9 Å². The van der Waals surface area contributed by atoms with Crippen molar-refractivity contribution in [3.05, 3.63) is 53.6 Å². The average Bonchev–Trinajstić information content (AvgIpc) is 2.64. The summed E-state index contributed by atoms with van der Waals surface area (Å²) in [4.78, 5) is 10.7. The molecule has 2 aromatic rings. The highest BCUT2D eigenvalue weighted by molar-refractivity contribution is 5.67. The van der Waals surface area contributed by atoms with Crippen LogP contribution in [-0.4, -0.2) is 31.4 Å². The van der Waals surface area contributed by atoms with Crippen LogP contribution in [0.25, 0.3) is 0 Å². The molecule has 0 saturated carbocycles. The number of benzene rings is 2. The molecule has 5 heteroatoms. The van der Waals surface area contributed by atoms with Crippen molar-refractivity contribution in [2.24, 2.45) is 0 Å².